The number of allylic oxidation sites excluding steroid dienone is 3. The van der Waals surface area contributed by atoms with Gasteiger partial charge in [-0.05, 0) is 44.9 Å². The predicted molar refractivity (Wildman–Crippen MR) is 272 cm³/mol. The van der Waals surface area contributed by atoms with Gasteiger partial charge in [-0.3, -0.25) is 4.79 Å². The van der Waals surface area contributed by atoms with E-state index in [4.69, 9.17) is 18.9 Å². The molecule has 2 saturated heterocycles. The summed E-state index contributed by atoms with van der Waals surface area (Å²) in [6, 6.07) is -0.916. The fourth-order valence-corrected chi connectivity index (χ4v) is 9.29. The molecule has 406 valence electrons. The van der Waals surface area contributed by atoms with E-state index in [0.29, 0.717) is 6.42 Å². The summed E-state index contributed by atoms with van der Waals surface area (Å²) in [5, 5.41) is 86.9. The molecule has 2 fully saturated rings. The maximum Gasteiger partial charge on any atom is 0.220 e. The molecule has 2 rings (SSSR count). The van der Waals surface area contributed by atoms with Crippen molar-refractivity contribution >= 4 is 5.91 Å². The van der Waals surface area contributed by atoms with E-state index >= 15 is 0 Å². The number of nitrogens with one attached hydrogen (secondary N) is 1. The molecule has 14 nitrogen and oxygen atoms in total. The van der Waals surface area contributed by atoms with Crippen LogP contribution >= 0.6 is 0 Å². The van der Waals surface area contributed by atoms with Gasteiger partial charge in [0.1, 0.15) is 48.8 Å². The molecule has 0 spiro atoms. The minimum atomic E-state index is -1.79. The Bertz CT molecular complexity index is 1260. The van der Waals surface area contributed by atoms with Crippen molar-refractivity contribution in [3.05, 3.63) is 24.3 Å². The average Bonchev–Trinajstić information content (AvgIpc) is 3.35. The quantitative estimate of drug-likeness (QED) is 0.0206. The van der Waals surface area contributed by atoms with Gasteiger partial charge in [0, 0.05) is 6.42 Å². The Morgan fingerprint density at radius 3 is 1.38 bits per heavy atom. The number of rotatable bonds is 44. The molecule has 2 aliphatic rings. The molecule has 0 aromatic rings. The standard InChI is InChI=1S/C55H103NO13/c1-3-5-7-9-11-13-15-17-19-20-21-22-23-25-26-28-30-32-34-36-38-44(59)43(56-47(60)39-37-35-33-31-29-27-24-18-16-14-12-10-8-6-4-2)42-66-54-52(65)50(63)53(46(41-58)68-54)69-55-51(64)49(62)48(61)45(40-57)67-55/h18,24,36,38,43-46,48-55,57-59,61-65H,3-17,19-23,25-35,37,39-42H2,1-2H3,(H,56,60)/b24-18-,38-36+. The summed E-state index contributed by atoms with van der Waals surface area (Å²) in [5.74, 6) is -0.247. The number of aliphatic hydroxyl groups excluding tert-OH is 8. The topological polar surface area (TPSA) is 228 Å². The number of hydrogen-bond donors (Lipinski definition) is 9. The number of amides is 1. The van der Waals surface area contributed by atoms with Gasteiger partial charge in [-0.15, -0.1) is 0 Å². The molecule has 12 unspecified atom stereocenters. The minimum Gasteiger partial charge on any atom is -0.394 e. The Kier molecular flexibility index (Phi) is 38.6. The van der Waals surface area contributed by atoms with Crippen molar-refractivity contribution in [3.8, 4) is 0 Å². The van der Waals surface area contributed by atoms with Crippen LogP contribution in [-0.4, -0.2) is 140 Å². The van der Waals surface area contributed by atoms with Crippen LogP contribution in [0.3, 0.4) is 0 Å². The second-order valence-corrected chi connectivity index (χ2v) is 20.1. The van der Waals surface area contributed by atoms with Gasteiger partial charge < -0.3 is 65.1 Å². The van der Waals surface area contributed by atoms with E-state index in [1.165, 1.54) is 141 Å². The Hall–Kier alpha value is -1.53. The van der Waals surface area contributed by atoms with Crippen molar-refractivity contribution in [2.24, 2.45) is 0 Å². The summed E-state index contributed by atoms with van der Waals surface area (Å²) < 4.78 is 22.7. The number of carbonyl (C=O) groups excluding carboxylic acids is 1. The van der Waals surface area contributed by atoms with Gasteiger partial charge in [0.2, 0.25) is 5.91 Å². The third kappa shape index (κ3) is 28.5. The van der Waals surface area contributed by atoms with E-state index in [0.717, 1.165) is 57.8 Å². The van der Waals surface area contributed by atoms with Gasteiger partial charge in [-0.1, -0.05) is 199 Å². The fraction of sp³-hybridized carbons (Fsp3) is 0.909. The SMILES string of the molecule is CCCCCCCC/C=C\CCCCCCCC(=O)NC(COC1OC(CO)C(OC2OC(CO)C(O)C(O)C2O)C(O)C1O)C(O)/C=C/CCCCCCCCCCCCCCCCCCCC. The Morgan fingerprint density at radius 2 is 0.913 bits per heavy atom. The molecule has 14 heteroatoms. The molecule has 0 radical (unpaired) electrons. The number of aliphatic hydroxyl groups is 8. The van der Waals surface area contributed by atoms with Crippen LogP contribution in [0.1, 0.15) is 226 Å². The monoisotopic (exact) mass is 986 g/mol. The number of ether oxygens (including phenoxy) is 4. The lowest BCUT2D eigenvalue weighted by Gasteiger charge is -2.46. The van der Waals surface area contributed by atoms with Gasteiger partial charge >= 0.3 is 0 Å². The van der Waals surface area contributed by atoms with Crippen LogP contribution in [0.5, 0.6) is 0 Å². The third-order valence-corrected chi connectivity index (χ3v) is 13.9. The highest BCUT2D eigenvalue weighted by Gasteiger charge is 2.51. The lowest BCUT2D eigenvalue weighted by Crippen LogP contribution is -2.65. The molecule has 0 aromatic heterocycles. The largest absolute Gasteiger partial charge is 0.394 e. The van der Waals surface area contributed by atoms with Gasteiger partial charge in [-0.2, -0.15) is 0 Å². The van der Waals surface area contributed by atoms with Crippen molar-refractivity contribution in [2.75, 3.05) is 19.8 Å². The number of carbonyl (C=O) groups is 1. The first-order valence-corrected chi connectivity index (χ1v) is 28.1. The molecule has 12 atom stereocenters. The first-order valence-electron chi connectivity index (χ1n) is 28.1. The highest BCUT2D eigenvalue weighted by atomic mass is 16.7. The summed E-state index contributed by atoms with van der Waals surface area (Å²) in [6.07, 6.45) is 30.7. The molecular weight excluding hydrogens is 883 g/mol. The summed E-state index contributed by atoms with van der Waals surface area (Å²) >= 11 is 0. The van der Waals surface area contributed by atoms with Crippen LogP contribution in [0, 0.1) is 0 Å². The lowest BCUT2D eigenvalue weighted by atomic mass is 9.97. The van der Waals surface area contributed by atoms with Crippen molar-refractivity contribution in [1.29, 1.82) is 0 Å². The molecule has 2 aliphatic heterocycles. The first-order chi connectivity index (χ1) is 33.6. The zero-order valence-electron chi connectivity index (χ0n) is 43.3. The van der Waals surface area contributed by atoms with Crippen molar-refractivity contribution in [2.45, 2.75) is 299 Å². The third-order valence-electron chi connectivity index (χ3n) is 13.9. The van der Waals surface area contributed by atoms with Crippen LogP contribution in [0.15, 0.2) is 24.3 Å². The van der Waals surface area contributed by atoms with Gasteiger partial charge in [0.05, 0.1) is 32.0 Å². The fourth-order valence-electron chi connectivity index (χ4n) is 9.29. The minimum absolute atomic E-state index is 0.247. The Morgan fingerprint density at radius 1 is 0.507 bits per heavy atom. The zero-order valence-corrected chi connectivity index (χ0v) is 43.3. The van der Waals surface area contributed by atoms with Gasteiger partial charge in [0.25, 0.3) is 0 Å². The molecule has 0 saturated carbocycles. The van der Waals surface area contributed by atoms with E-state index in [1.807, 2.05) is 6.08 Å². The average molecular weight is 986 g/mol. The Balaban J connectivity index is 1.81. The summed E-state index contributed by atoms with van der Waals surface area (Å²) in [4.78, 5) is 13.2. The predicted octanol–water partition coefficient (Wildman–Crippen LogP) is 8.50. The second-order valence-electron chi connectivity index (χ2n) is 20.1. The lowest BCUT2D eigenvalue weighted by molar-refractivity contribution is -0.359. The second kappa shape index (κ2) is 41.9. The van der Waals surface area contributed by atoms with Crippen LogP contribution < -0.4 is 5.32 Å². The van der Waals surface area contributed by atoms with E-state index < -0.39 is 86.8 Å². The van der Waals surface area contributed by atoms with Crippen molar-refractivity contribution in [3.63, 3.8) is 0 Å². The molecule has 0 aromatic carbocycles. The van der Waals surface area contributed by atoms with Gasteiger partial charge in [0.15, 0.2) is 12.6 Å². The summed E-state index contributed by atoms with van der Waals surface area (Å²) in [6.45, 7) is 2.79. The van der Waals surface area contributed by atoms with Crippen LogP contribution in [-0.2, 0) is 23.7 Å². The van der Waals surface area contributed by atoms with Crippen molar-refractivity contribution in [1.82, 2.24) is 5.32 Å². The van der Waals surface area contributed by atoms with E-state index in [-0.39, 0.29) is 18.9 Å². The Labute approximate surface area is 418 Å². The number of hydrogen-bond acceptors (Lipinski definition) is 13. The molecule has 0 bridgehead atoms. The molecular formula is C55H103NO13. The molecule has 1 amide bonds. The molecule has 9 N–H and O–H groups in total. The van der Waals surface area contributed by atoms with Crippen LogP contribution in [0.25, 0.3) is 0 Å². The zero-order chi connectivity index (χ0) is 50.3. The highest BCUT2D eigenvalue weighted by molar-refractivity contribution is 5.76. The van der Waals surface area contributed by atoms with Crippen molar-refractivity contribution < 1.29 is 64.6 Å². The highest BCUT2D eigenvalue weighted by Crippen LogP contribution is 2.30. The smallest absolute Gasteiger partial charge is 0.220 e. The maximum atomic E-state index is 13.2. The van der Waals surface area contributed by atoms with E-state index in [2.05, 4.69) is 31.3 Å². The van der Waals surface area contributed by atoms with Gasteiger partial charge in [-0.25, -0.2) is 0 Å². The molecule has 69 heavy (non-hydrogen) atoms. The number of unbranched alkanes of at least 4 members (excludes halogenated alkanes) is 29. The molecule has 0 aliphatic carbocycles. The van der Waals surface area contributed by atoms with Crippen LogP contribution in [0.2, 0.25) is 0 Å². The normalized spacial score (nSPS) is 26.3. The van der Waals surface area contributed by atoms with E-state index in [9.17, 15) is 45.6 Å². The first kappa shape index (κ1) is 63.6. The maximum absolute atomic E-state index is 13.2. The summed E-state index contributed by atoms with van der Waals surface area (Å²) in [7, 11) is 0. The van der Waals surface area contributed by atoms with Crippen LogP contribution in [0.4, 0.5) is 0 Å². The molecule has 2 heterocycles. The summed E-state index contributed by atoms with van der Waals surface area (Å²) in [5.41, 5.74) is 0. The van der Waals surface area contributed by atoms with E-state index in [1.54, 1.807) is 6.08 Å².